The number of aryl methyl sites for hydroxylation is 1. The van der Waals surface area contributed by atoms with Gasteiger partial charge in [0.1, 0.15) is 6.04 Å². The normalized spacial score (nSPS) is 14.1. The Morgan fingerprint density at radius 3 is 2.23 bits per heavy atom. The molecule has 164 valence electrons. The second kappa shape index (κ2) is 9.07. The van der Waals surface area contributed by atoms with Crippen molar-refractivity contribution in [2.45, 2.75) is 45.5 Å². The van der Waals surface area contributed by atoms with Gasteiger partial charge in [0.05, 0.1) is 23.5 Å². The average molecular weight is 443 g/mol. The molecule has 0 aromatic heterocycles. The highest BCUT2D eigenvalue weighted by molar-refractivity contribution is 7.92. The van der Waals surface area contributed by atoms with Crippen LogP contribution in [0, 0.1) is 6.92 Å². The number of anilines is 1. The molecule has 0 aliphatic rings. The third kappa shape index (κ3) is 5.75. The molecule has 5 nitrogen and oxygen atoms in total. The number of nitrogens with zero attached hydrogens (tertiary/aromatic N) is 1. The summed E-state index contributed by atoms with van der Waals surface area (Å²) in [4.78, 5) is 12.9. The molecule has 1 N–H and O–H groups in total. The predicted molar refractivity (Wildman–Crippen MR) is 111 cm³/mol. The first-order valence-electron chi connectivity index (χ1n) is 9.38. The molecule has 2 atom stereocenters. The largest absolute Gasteiger partial charge is 0.416 e. The van der Waals surface area contributed by atoms with Crippen LogP contribution < -0.4 is 9.62 Å². The van der Waals surface area contributed by atoms with Gasteiger partial charge in [0.2, 0.25) is 15.9 Å². The van der Waals surface area contributed by atoms with Crippen LogP contribution in [0.25, 0.3) is 0 Å². The fourth-order valence-corrected chi connectivity index (χ4v) is 4.31. The Morgan fingerprint density at radius 2 is 1.73 bits per heavy atom. The van der Waals surface area contributed by atoms with Gasteiger partial charge in [0.15, 0.2) is 0 Å². The van der Waals surface area contributed by atoms with E-state index in [1.807, 2.05) is 38.1 Å². The van der Waals surface area contributed by atoms with E-state index in [0.29, 0.717) is 10.7 Å². The van der Waals surface area contributed by atoms with Crippen LogP contribution in [0.15, 0.2) is 48.5 Å². The summed E-state index contributed by atoms with van der Waals surface area (Å²) in [6.45, 7) is 5.15. The molecule has 1 amide bonds. The van der Waals surface area contributed by atoms with E-state index in [4.69, 9.17) is 0 Å². The van der Waals surface area contributed by atoms with E-state index in [2.05, 4.69) is 5.32 Å². The van der Waals surface area contributed by atoms with Gasteiger partial charge in [-0.15, -0.1) is 0 Å². The van der Waals surface area contributed by atoms with Crippen LogP contribution in [-0.4, -0.2) is 26.6 Å². The number of benzene rings is 2. The number of rotatable bonds is 7. The van der Waals surface area contributed by atoms with Crippen LogP contribution >= 0.6 is 0 Å². The Bertz CT molecular complexity index is 989. The van der Waals surface area contributed by atoms with Crippen molar-refractivity contribution in [3.05, 3.63) is 65.2 Å². The Morgan fingerprint density at radius 1 is 1.13 bits per heavy atom. The molecular weight excluding hydrogens is 417 g/mol. The number of hydrogen-bond acceptors (Lipinski definition) is 3. The monoisotopic (exact) mass is 442 g/mol. The summed E-state index contributed by atoms with van der Waals surface area (Å²) >= 11 is 0. The zero-order valence-electron chi connectivity index (χ0n) is 17.2. The van der Waals surface area contributed by atoms with Gasteiger partial charge in [0, 0.05) is 0 Å². The minimum atomic E-state index is -4.64. The van der Waals surface area contributed by atoms with E-state index >= 15 is 0 Å². The number of nitrogens with one attached hydrogen (secondary N) is 1. The van der Waals surface area contributed by atoms with E-state index in [1.54, 1.807) is 0 Å². The van der Waals surface area contributed by atoms with Crippen molar-refractivity contribution in [2.24, 2.45) is 0 Å². The van der Waals surface area contributed by atoms with Crippen LogP contribution in [0.3, 0.4) is 0 Å². The Kier molecular flexibility index (Phi) is 7.18. The third-order valence-corrected chi connectivity index (χ3v) is 5.96. The molecule has 0 aliphatic carbocycles. The van der Waals surface area contributed by atoms with Gasteiger partial charge >= 0.3 is 6.18 Å². The first-order valence-corrected chi connectivity index (χ1v) is 11.2. The maximum atomic E-state index is 13.1. The van der Waals surface area contributed by atoms with Crippen molar-refractivity contribution in [1.82, 2.24) is 5.32 Å². The lowest BCUT2D eigenvalue weighted by Gasteiger charge is -2.30. The van der Waals surface area contributed by atoms with Gasteiger partial charge in [-0.1, -0.05) is 42.8 Å². The maximum Gasteiger partial charge on any atom is 0.416 e. The van der Waals surface area contributed by atoms with Crippen LogP contribution in [0.5, 0.6) is 0 Å². The number of carbonyl (C=O) groups excluding carboxylic acids is 1. The number of alkyl halides is 3. The smallest absolute Gasteiger partial charge is 0.347 e. The molecule has 0 fully saturated rings. The lowest BCUT2D eigenvalue weighted by molar-refractivity contribution is -0.137. The molecule has 0 unspecified atom stereocenters. The van der Waals surface area contributed by atoms with Crippen molar-refractivity contribution in [2.75, 3.05) is 10.6 Å². The molecule has 30 heavy (non-hydrogen) atoms. The van der Waals surface area contributed by atoms with E-state index in [-0.39, 0.29) is 11.7 Å². The zero-order chi connectivity index (χ0) is 22.7. The number of sulfonamides is 1. The molecule has 0 saturated heterocycles. The number of carbonyl (C=O) groups is 1. The van der Waals surface area contributed by atoms with E-state index < -0.39 is 33.7 Å². The molecule has 2 aromatic carbocycles. The van der Waals surface area contributed by atoms with Gasteiger partial charge in [-0.3, -0.25) is 9.10 Å². The van der Waals surface area contributed by atoms with Crippen molar-refractivity contribution < 1.29 is 26.4 Å². The molecule has 9 heteroatoms. The Hall–Kier alpha value is -2.55. The van der Waals surface area contributed by atoms with E-state index in [0.717, 1.165) is 35.6 Å². The number of amides is 1. The molecular formula is C21H25F3N2O3S. The van der Waals surface area contributed by atoms with Crippen LogP contribution in [-0.2, 0) is 21.0 Å². The van der Waals surface area contributed by atoms with Crippen molar-refractivity contribution in [1.29, 1.82) is 0 Å². The minimum Gasteiger partial charge on any atom is -0.347 e. The summed E-state index contributed by atoms with van der Waals surface area (Å²) in [5, 5.41) is 2.80. The van der Waals surface area contributed by atoms with Crippen LogP contribution in [0.1, 0.15) is 43.0 Å². The van der Waals surface area contributed by atoms with Crippen molar-refractivity contribution in [3.63, 3.8) is 0 Å². The molecule has 0 radical (unpaired) electrons. The van der Waals surface area contributed by atoms with Crippen LogP contribution in [0.2, 0.25) is 0 Å². The summed E-state index contributed by atoms with van der Waals surface area (Å²) < 4.78 is 64.7. The second-order valence-electron chi connectivity index (χ2n) is 7.16. The predicted octanol–water partition coefficient (Wildman–Crippen LogP) is 4.44. The highest BCUT2D eigenvalue weighted by Gasteiger charge is 2.34. The van der Waals surface area contributed by atoms with Crippen LogP contribution in [0.4, 0.5) is 18.9 Å². The van der Waals surface area contributed by atoms with Gasteiger partial charge in [0.25, 0.3) is 0 Å². The quantitative estimate of drug-likeness (QED) is 0.690. The summed E-state index contributed by atoms with van der Waals surface area (Å²) in [5.74, 6) is -0.606. The standard InChI is InChI=1S/C21H25F3N2O3S/c1-5-19(16-11-9-14(2)10-12-16)25-20(27)15(3)26(30(4,28)29)18-8-6-7-17(13-18)21(22,23)24/h6-13,15,19H,5H2,1-4H3,(H,25,27)/t15-,19-/m1/s1. The molecule has 2 aromatic rings. The second-order valence-corrected chi connectivity index (χ2v) is 9.02. The minimum absolute atomic E-state index is 0.224. The van der Waals surface area contributed by atoms with Crippen molar-refractivity contribution >= 4 is 21.6 Å². The van der Waals surface area contributed by atoms with Gasteiger partial charge < -0.3 is 5.32 Å². The number of halogens is 3. The first kappa shape index (κ1) is 23.7. The molecule has 0 bridgehead atoms. The van der Waals surface area contributed by atoms with Gasteiger partial charge in [-0.2, -0.15) is 13.2 Å². The van der Waals surface area contributed by atoms with E-state index in [1.165, 1.54) is 13.0 Å². The summed E-state index contributed by atoms with van der Waals surface area (Å²) in [5.41, 5.74) is 0.695. The Balaban J connectivity index is 2.34. The molecule has 0 heterocycles. The maximum absolute atomic E-state index is 13.1. The molecule has 0 spiro atoms. The van der Waals surface area contributed by atoms with E-state index in [9.17, 15) is 26.4 Å². The first-order chi connectivity index (χ1) is 13.8. The summed E-state index contributed by atoms with van der Waals surface area (Å²) in [7, 11) is -4.03. The molecule has 0 aliphatic heterocycles. The lowest BCUT2D eigenvalue weighted by Crippen LogP contribution is -2.48. The van der Waals surface area contributed by atoms with Crippen molar-refractivity contribution in [3.8, 4) is 0 Å². The topological polar surface area (TPSA) is 66.5 Å². The fraction of sp³-hybridized carbons (Fsp3) is 0.381. The van der Waals surface area contributed by atoms with Gasteiger partial charge in [-0.05, 0) is 44.0 Å². The Labute approximate surface area is 175 Å². The average Bonchev–Trinajstić information content (AvgIpc) is 2.65. The fourth-order valence-electron chi connectivity index (χ4n) is 3.14. The SMILES string of the molecule is CC[C@@H](NC(=O)[C@@H](C)N(c1cccc(C(F)(F)F)c1)S(C)(=O)=O)c1ccc(C)cc1. The summed E-state index contributed by atoms with van der Waals surface area (Å²) in [6, 6.07) is 9.86. The lowest BCUT2D eigenvalue weighted by atomic mass is 10.0. The highest BCUT2D eigenvalue weighted by Crippen LogP contribution is 2.33. The molecule has 0 saturated carbocycles. The molecule has 2 rings (SSSR count). The van der Waals surface area contributed by atoms with Gasteiger partial charge in [-0.25, -0.2) is 8.42 Å². The summed E-state index contributed by atoms with van der Waals surface area (Å²) in [6.07, 6.45) is -3.22. The third-order valence-electron chi connectivity index (χ3n) is 4.72. The zero-order valence-corrected chi connectivity index (χ0v) is 18.0. The number of hydrogen-bond donors (Lipinski definition) is 1. The highest BCUT2D eigenvalue weighted by atomic mass is 32.2.